The number of ether oxygens (including phenoxy) is 2. The fourth-order valence-electron chi connectivity index (χ4n) is 3.50. The molecular formula is C23H22FNO3S. The summed E-state index contributed by atoms with van der Waals surface area (Å²) in [6, 6.07) is 16.9. The molecule has 4 rings (SSSR count). The van der Waals surface area contributed by atoms with Crippen molar-refractivity contribution in [1.82, 2.24) is 5.32 Å². The van der Waals surface area contributed by atoms with Crippen molar-refractivity contribution >= 4 is 17.2 Å². The lowest BCUT2D eigenvalue weighted by atomic mass is 9.90. The van der Waals surface area contributed by atoms with Crippen molar-refractivity contribution in [1.29, 1.82) is 0 Å². The average molecular weight is 411 g/mol. The first-order chi connectivity index (χ1) is 14.2. The molecule has 1 aliphatic heterocycles. The number of carbonyl (C=O) groups excluding carboxylic acids is 1. The zero-order valence-electron chi connectivity index (χ0n) is 15.8. The van der Waals surface area contributed by atoms with Crippen LogP contribution in [0.5, 0.6) is 11.5 Å². The minimum absolute atomic E-state index is 0.0342. The third-order valence-electron chi connectivity index (χ3n) is 5.02. The first kappa shape index (κ1) is 19.6. The van der Waals surface area contributed by atoms with Crippen molar-refractivity contribution in [3.8, 4) is 11.5 Å². The Morgan fingerprint density at radius 2 is 1.86 bits per heavy atom. The molecule has 1 saturated heterocycles. The van der Waals surface area contributed by atoms with E-state index in [9.17, 15) is 9.18 Å². The second kappa shape index (κ2) is 9.20. The Kier molecular flexibility index (Phi) is 6.22. The molecule has 1 atom stereocenters. The fourth-order valence-corrected chi connectivity index (χ4v) is 4.37. The van der Waals surface area contributed by atoms with Crippen molar-refractivity contribution < 1.29 is 18.7 Å². The van der Waals surface area contributed by atoms with Crippen LogP contribution in [-0.2, 0) is 4.74 Å². The predicted molar refractivity (Wildman–Crippen MR) is 111 cm³/mol. The van der Waals surface area contributed by atoms with E-state index in [-0.39, 0.29) is 17.8 Å². The van der Waals surface area contributed by atoms with E-state index < -0.39 is 0 Å². The molecule has 1 N–H and O–H groups in total. The van der Waals surface area contributed by atoms with Crippen LogP contribution in [0.25, 0.3) is 0 Å². The van der Waals surface area contributed by atoms with Gasteiger partial charge < -0.3 is 14.8 Å². The van der Waals surface area contributed by atoms with Crippen molar-refractivity contribution in [2.75, 3.05) is 13.2 Å². The van der Waals surface area contributed by atoms with Crippen LogP contribution in [0.1, 0.15) is 34.1 Å². The lowest BCUT2D eigenvalue weighted by molar-refractivity contribution is 0.0518. The van der Waals surface area contributed by atoms with Gasteiger partial charge in [0.25, 0.3) is 5.91 Å². The summed E-state index contributed by atoms with van der Waals surface area (Å²) >= 11 is 1.66. The molecule has 0 spiro atoms. The SMILES string of the molecule is O=C(N[C@@H](c1cccs1)C1CCOCC1)c1cccc(Oc2ccc(F)cc2)c1. The zero-order chi connectivity index (χ0) is 20.1. The molecule has 0 unspecified atom stereocenters. The Bertz CT molecular complexity index is 937. The van der Waals surface area contributed by atoms with E-state index in [1.807, 2.05) is 11.4 Å². The molecule has 29 heavy (non-hydrogen) atoms. The molecule has 0 aliphatic carbocycles. The predicted octanol–water partition coefficient (Wildman–Crippen LogP) is 5.58. The Balaban J connectivity index is 1.49. The third-order valence-corrected chi connectivity index (χ3v) is 5.97. The van der Waals surface area contributed by atoms with Gasteiger partial charge in [0.05, 0.1) is 6.04 Å². The minimum Gasteiger partial charge on any atom is -0.457 e. The molecule has 150 valence electrons. The number of hydrogen-bond acceptors (Lipinski definition) is 4. The molecule has 3 aromatic rings. The van der Waals surface area contributed by atoms with E-state index in [1.165, 1.54) is 12.1 Å². The van der Waals surface area contributed by atoms with Crippen LogP contribution in [0.3, 0.4) is 0 Å². The van der Waals surface area contributed by atoms with E-state index in [0.29, 0.717) is 23.0 Å². The van der Waals surface area contributed by atoms with Gasteiger partial charge in [0.15, 0.2) is 0 Å². The van der Waals surface area contributed by atoms with Crippen LogP contribution in [0.15, 0.2) is 66.0 Å². The summed E-state index contributed by atoms with van der Waals surface area (Å²) in [5.41, 5.74) is 0.526. The van der Waals surface area contributed by atoms with Gasteiger partial charge in [0, 0.05) is 23.7 Å². The first-order valence-electron chi connectivity index (χ1n) is 9.64. The maximum atomic E-state index is 13.1. The maximum absolute atomic E-state index is 13.1. The molecule has 6 heteroatoms. The quantitative estimate of drug-likeness (QED) is 0.576. The molecule has 1 fully saturated rings. The summed E-state index contributed by atoms with van der Waals surface area (Å²) in [7, 11) is 0. The van der Waals surface area contributed by atoms with Gasteiger partial charge in [-0.3, -0.25) is 4.79 Å². The highest BCUT2D eigenvalue weighted by atomic mass is 32.1. The van der Waals surface area contributed by atoms with E-state index in [2.05, 4.69) is 11.4 Å². The number of hydrogen-bond donors (Lipinski definition) is 1. The van der Waals surface area contributed by atoms with Gasteiger partial charge in [-0.1, -0.05) is 12.1 Å². The molecule has 2 heterocycles. The number of amides is 1. The topological polar surface area (TPSA) is 47.6 Å². The summed E-state index contributed by atoms with van der Waals surface area (Å²) < 4.78 is 24.3. The standard InChI is InChI=1S/C23H22FNO3S/c24-18-6-8-19(9-7-18)28-20-4-1-3-17(15-20)23(26)25-22(21-5-2-14-29-21)16-10-12-27-13-11-16/h1-9,14-16,22H,10-13H2,(H,25,26)/t22-/m1/s1. The largest absolute Gasteiger partial charge is 0.457 e. The lowest BCUT2D eigenvalue weighted by Crippen LogP contribution is -2.35. The van der Waals surface area contributed by atoms with Crippen molar-refractivity contribution in [3.05, 3.63) is 82.3 Å². The number of carbonyl (C=O) groups is 1. The van der Waals surface area contributed by atoms with Gasteiger partial charge in [0.1, 0.15) is 17.3 Å². The minimum atomic E-state index is -0.321. The Morgan fingerprint density at radius 3 is 2.59 bits per heavy atom. The van der Waals surface area contributed by atoms with E-state index in [0.717, 1.165) is 30.9 Å². The molecule has 1 aromatic heterocycles. The molecule has 4 nitrogen and oxygen atoms in total. The van der Waals surface area contributed by atoms with Gasteiger partial charge in [-0.05, 0) is 72.7 Å². The number of thiophene rings is 1. The molecule has 1 aliphatic rings. The van der Waals surface area contributed by atoms with Crippen molar-refractivity contribution in [2.24, 2.45) is 5.92 Å². The molecule has 0 radical (unpaired) electrons. The summed E-state index contributed by atoms with van der Waals surface area (Å²) in [6.07, 6.45) is 1.85. The summed E-state index contributed by atoms with van der Waals surface area (Å²) in [4.78, 5) is 14.2. The van der Waals surface area contributed by atoms with Crippen LogP contribution in [0, 0.1) is 11.7 Å². The normalized spacial score (nSPS) is 15.6. The number of halogens is 1. The molecule has 0 bridgehead atoms. The fraction of sp³-hybridized carbons (Fsp3) is 0.261. The van der Waals surface area contributed by atoms with Crippen LogP contribution in [0.4, 0.5) is 4.39 Å². The maximum Gasteiger partial charge on any atom is 0.251 e. The highest BCUT2D eigenvalue weighted by Gasteiger charge is 2.28. The van der Waals surface area contributed by atoms with Crippen LogP contribution in [-0.4, -0.2) is 19.1 Å². The lowest BCUT2D eigenvalue weighted by Gasteiger charge is -2.30. The summed E-state index contributed by atoms with van der Waals surface area (Å²) in [5, 5.41) is 5.25. The van der Waals surface area contributed by atoms with E-state index >= 15 is 0 Å². The Labute approximate surface area is 173 Å². The van der Waals surface area contributed by atoms with Gasteiger partial charge >= 0.3 is 0 Å². The Morgan fingerprint density at radius 1 is 1.07 bits per heavy atom. The number of nitrogens with one attached hydrogen (secondary N) is 1. The second-order valence-electron chi connectivity index (χ2n) is 7.00. The first-order valence-corrected chi connectivity index (χ1v) is 10.5. The third kappa shape index (κ3) is 5.02. The smallest absolute Gasteiger partial charge is 0.251 e. The highest BCUT2D eigenvalue weighted by Crippen LogP contribution is 2.33. The monoisotopic (exact) mass is 411 g/mol. The molecular weight excluding hydrogens is 389 g/mol. The molecule has 0 saturated carbocycles. The van der Waals surface area contributed by atoms with Crippen molar-refractivity contribution in [2.45, 2.75) is 18.9 Å². The van der Waals surface area contributed by atoms with Gasteiger partial charge in [-0.2, -0.15) is 0 Å². The van der Waals surface area contributed by atoms with Crippen LogP contribution < -0.4 is 10.1 Å². The number of benzene rings is 2. The van der Waals surface area contributed by atoms with Crippen LogP contribution >= 0.6 is 11.3 Å². The zero-order valence-corrected chi connectivity index (χ0v) is 16.7. The summed E-state index contributed by atoms with van der Waals surface area (Å²) in [6.45, 7) is 1.45. The van der Waals surface area contributed by atoms with E-state index in [1.54, 1.807) is 47.7 Å². The highest BCUT2D eigenvalue weighted by molar-refractivity contribution is 7.10. The van der Waals surface area contributed by atoms with Crippen molar-refractivity contribution in [3.63, 3.8) is 0 Å². The Hall–Kier alpha value is -2.70. The van der Waals surface area contributed by atoms with Crippen LogP contribution in [0.2, 0.25) is 0 Å². The second-order valence-corrected chi connectivity index (χ2v) is 7.98. The number of rotatable bonds is 6. The van der Waals surface area contributed by atoms with Gasteiger partial charge in [0.2, 0.25) is 0 Å². The van der Waals surface area contributed by atoms with Gasteiger partial charge in [-0.15, -0.1) is 11.3 Å². The van der Waals surface area contributed by atoms with E-state index in [4.69, 9.17) is 9.47 Å². The molecule has 2 aromatic carbocycles. The molecule has 1 amide bonds. The summed E-state index contributed by atoms with van der Waals surface area (Å²) in [5.74, 6) is 0.938. The average Bonchev–Trinajstić information content (AvgIpc) is 3.29. The van der Waals surface area contributed by atoms with Gasteiger partial charge in [-0.25, -0.2) is 4.39 Å².